The fraction of sp³-hybridized carbons (Fsp3) is 0.318. The molecule has 1 aliphatic heterocycles. The van der Waals surface area contributed by atoms with Gasteiger partial charge in [-0.1, -0.05) is 6.07 Å². The molecular weight excluding hydrogens is 398 g/mol. The van der Waals surface area contributed by atoms with E-state index in [1.54, 1.807) is 40.0 Å². The van der Waals surface area contributed by atoms with E-state index in [2.05, 4.69) is 15.3 Å². The van der Waals surface area contributed by atoms with Crippen molar-refractivity contribution in [3.05, 3.63) is 65.7 Å². The molecule has 9 heteroatoms. The zero-order valence-electron chi connectivity index (χ0n) is 16.6. The highest BCUT2D eigenvalue weighted by Gasteiger charge is 2.55. The van der Waals surface area contributed by atoms with E-state index in [1.807, 2.05) is 0 Å². The predicted octanol–water partition coefficient (Wildman–Crippen LogP) is 1.57. The summed E-state index contributed by atoms with van der Waals surface area (Å²) in [5.74, 6) is 0.635. The number of hydrogen-bond acceptors (Lipinski definition) is 5. The highest BCUT2D eigenvalue weighted by Crippen LogP contribution is 2.53. The van der Waals surface area contributed by atoms with E-state index in [0.29, 0.717) is 54.3 Å². The lowest BCUT2D eigenvalue weighted by molar-refractivity contribution is 0.0696. The van der Waals surface area contributed by atoms with Crippen molar-refractivity contribution in [2.75, 3.05) is 19.6 Å². The van der Waals surface area contributed by atoms with Gasteiger partial charge in [-0.3, -0.25) is 14.0 Å². The van der Waals surface area contributed by atoms with Crippen LogP contribution in [0, 0.1) is 17.8 Å². The third kappa shape index (κ3) is 3.63. The van der Waals surface area contributed by atoms with E-state index >= 15 is 0 Å². The Bertz CT molecular complexity index is 1180. The quantitative estimate of drug-likeness (QED) is 0.626. The van der Waals surface area contributed by atoms with Crippen molar-refractivity contribution >= 4 is 23.6 Å². The Morgan fingerprint density at radius 2 is 1.87 bits per heavy atom. The molecule has 0 bridgehead atoms. The lowest BCUT2D eigenvalue weighted by Crippen LogP contribution is -2.32. The molecule has 3 atom stereocenters. The number of aromatic nitrogens is 3. The van der Waals surface area contributed by atoms with Gasteiger partial charge in [0.25, 0.3) is 11.8 Å². The van der Waals surface area contributed by atoms with Crippen molar-refractivity contribution in [3.8, 4) is 0 Å². The predicted molar refractivity (Wildman–Crippen MR) is 110 cm³/mol. The topological polar surface area (TPSA) is 117 Å². The van der Waals surface area contributed by atoms with Gasteiger partial charge in [0.1, 0.15) is 0 Å². The first-order valence-electron chi connectivity index (χ1n) is 10.2. The first kappa shape index (κ1) is 19.2. The second kappa shape index (κ2) is 7.50. The third-order valence-electron chi connectivity index (χ3n) is 6.29. The van der Waals surface area contributed by atoms with E-state index in [-0.39, 0.29) is 17.4 Å². The smallest absolute Gasteiger partial charge is 0.335 e. The van der Waals surface area contributed by atoms with Crippen LogP contribution in [0.1, 0.15) is 37.5 Å². The molecule has 2 N–H and O–H groups in total. The molecule has 1 saturated carbocycles. The van der Waals surface area contributed by atoms with Crippen molar-refractivity contribution in [3.63, 3.8) is 0 Å². The van der Waals surface area contributed by atoms with E-state index < -0.39 is 5.97 Å². The van der Waals surface area contributed by atoms with Crippen molar-refractivity contribution in [2.45, 2.75) is 6.42 Å². The summed E-state index contributed by atoms with van der Waals surface area (Å²) in [6.07, 6.45) is 7.48. The van der Waals surface area contributed by atoms with Crippen LogP contribution in [0.5, 0.6) is 0 Å². The zero-order valence-corrected chi connectivity index (χ0v) is 16.6. The van der Waals surface area contributed by atoms with Crippen molar-refractivity contribution in [2.24, 2.45) is 17.8 Å². The van der Waals surface area contributed by atoms with Gasteiger partial charge >= 0.3 is 5.97 Å². The van der Waals surface area contributed by atoms with Crippen LogP contribution in [0.2, 0.25) is 0 Å². The maximum Gasteiger partial charge on any atom is 0.335 e. The summed E-state index contributed by atoms with van der Waals surface area (Å²) in [7, 11) is 0. The van der Waals surface area contributed by atoms with Gasteiger partial charge in [-0.15, -0.1) is 0 Å². The number of aromatic carboxylic acids is 1. The fourth-order valence-corrected chi connectivity index (χ4v) is 4.60. The number of hydrogen-bond donors (Lipinski definition) is 2. The van der Waals surface area contributed by atoms with Crippen molar-refractivity contribution in [1.29, 1.82) is 0 Å². The van der Waals surface area contributed by atoms with E-state index in [0.717, 1.165) is 6.42 Å². The number of piperidine rings is 1. The van der Waals surface area contributed by atoms with Crippen LogP contribution >= 0.6 is 0 Å². The van der Waals surface area contributed by atoms with Crippen LogP contribution < -0.4 is 5.32 Å². The Morgan fingerprint density at radius 1 is 1.10 bits per heavy atom. The highest BCUT2D eigenvalue weighted by atomic mass is 16.4. The first-order chi connectivity index (χ1) is 15.0. The summed E-state index contributed by atoms with van der Waals surface area (Å²) < 4.78 is 1.71. The maximum atomic E-state index is 12.7. The molecule has 9 nitrogen and oxygen atoms in total. The lowest BCUT2D eigenvalue weighted by atomic mass is 10.1. The highest BCUT2D eigenvalue weighted by molar-refractivity contribution is 5.97. The van der Waals surface area contributed by atoms with Gasteiger partial charge in [-0.05, 0) is 42.4 Å². The Labute approximate surface area is 177 Å². The molecule has 1 saturated heterocycles. The number of carbonyl (C=O) groups is 3. The van der Waals surface area contributed by atoms with Crippen LogP contribution in [0.25, 0.3) is 5.78 Å². The van der Waals surface area contributed by atoms with E-state index in [1.165, 1.54) is 18.3 Å². The molecule has 0 unspecified atom stereocenters. The Kier molecular flexibility index (Phi) is 4.65. The van der Waals surface area contributed by atoms with Gasteiger partial charge in [-0.2, -0.15) is 0 Å². The standard InChI is InChI=1S/C22H21N5O4/c28-19(15-9-25-22-24-6-7-26(22)10-15)23-5-4-16-17-11-27(12-18(16)17)20(29)13-2-1-3-14(8-13)21(30)31/h1-3,6-10,16-18H,4-5,11-12H2,(H,23,28)(H,30,31)/t16-,17+,18-. The maximum absolute atomic E-state index is 12.7. The minimum absolute atomic E-state index is 0.117. The molecular formula is C22H21N5O4. The number of nitrogens with one attached hydrogen (secondary N) is 1. The summed E-state index contributed by atoms with van der Waals surface area (Å²) >= 11 is 0. The van der Waals surface area contributed by atoms with Crippen LogP contribution in [-0.4, -0.2) is 61.8 Å². The SMILES string of the molecule is O=C(O)c1cccc(C(=O)N2C[C@@H]3[C@H](CCNC(=O)c4cnc5nccn5c4)[C@@H]3C2)c1. The Balaban J connectivity index is 1.10. The summed E-state index contributed by atoms with van der Waals surface area (Å²) in [6, 6.07) is 6.16. The second-order valence-electron chi connectivity index (χ2n) is 8.11. The molecule has 0 spiro atoms. The molecule has 3 aromatic rings. The summed E-state index contributed by atoms with van der Waals surface area (Å²) in [4.78, 5) is 46.2. The number of rotatable bonds is 6. The zero-order chi connectivity index (χ0) is 21.5. The van der Waals surface area contributed by atoms with Crippen LogP contribution in [0.15, 0.2) is 49.1 Å². The largest absolute Gasteiger partial charge is 0.478 e. The first-order valence-corrected chi connectivity index (χ1v) is 10.2. The van der Waals surface area contributed by atoms with E-state index in [9.17, 15) is 14.4 Å². The number of imidazole rings is 1. The molecule has 2 aliphatic rings. The van der Waals surface area contributed by atoms with Crippen LogP contribution in [0.3, 0.4) is 0 Å². The second-order valence-corrected chi connectivity index (χ2v) is 8.11. The molecule has 158 valence electrons. The molecule has 1 aliphatic carbocycles. The van der Waals surface area contributed by atoms with Crippen molar-refractivity contribution < 1.29 is 19.5 Å². The third-order valence-corrected chi connectivity index (χ3v) is 6.29. The molecule has 2 fully saturated rings. The molecule has 2 amide bonds. The Hall–Kier alpha value is -3.75. The molecule has 5 rings (SSSR count). The number of carbonyl (C=O) groups excluding carboxylic acids is 2. The fourth-order valence-electron chi connectivity index (χ4n) is 4.60. The van der Waals surface area contributed by atoms with Gasteiger partial charge in [0.2, 0.25) is 5.78 Å². The number of carboxylic acid groups (broad SMARTS) is 1. The van der Waals surface area contributed by atoms with Crippen LogP contribution in [0.4, 0.5) is 0 Å². The molecule has 2 aromatic heterocycles. The van der Waals surface area contributed by atoms with Gasteiger partial charge in [0, 0.05) is 50.0 Å². The van der Waals surface area contributed by atoms with Gasteiger partial charge in [0.15, 0.2) is 0 Å². The number of nitrogens with zero attached hydrogens (tertiary/aromatic N) is 4. The van der Waals surface area contributed by atoms with Gasteiger partial charge in [0.05, 0.1) is 11.1 Å². The van der Waals surface area contributed by atoms with Crippen LogP contribution in [-0.2, 0) is 0 Å². The average molecular weight is 419 g/mol. The van der Waals surface area contributed by atoms with Crippen molar-refractivity contribution in [1.82, 2.24) is 24.6 Å². The lowest BCUT2D eigenvalue weighted by Gasteiger charge is -2.20. The monoisotopic (exact) mass is 419 g/mol. The van der Waals surface area contributed by atoms with Gasteiger partial charge < -0.3 is 15.3 Å². The minimum atomic E-state index is -1.04. The molecule has 1 aromatic carbocycles. The average Bonchev–Trinajstić information content (AvgIpc) is 3.15. The Morgan fingerprint density at radius 3 is 2.65 bits per heavy atom. The normalized spacial score (nSPS) is 21.7. The number of amides is 2. The summed E-state index contributed by atoms with van der Waals surface area (Å²) in [5, 5.41) is 12.1. The molecule has 0 radical (unpaired) electrons. The summed E-state index contributed by atoms with van der Waals surface area (Å²) in [5.41, 5.74) is 1.02. The number of likely N-dealkylation sites (tertiary alicyclic amines) is 1. The number of benzene rings is 1. The van der Waals surface area contributed by atoms with Gasteiger partial charge in [-0.25, -0.2) is 14.8 Å². The molecule has 3 heterocycles. The minimum Gasteiger partial charge on any atom is -0.478 e. The summed E-state index contributed by atoms with van der Waals surface area (Å²) in [6.45, 7) is 1.94. The molecule has 31 heavy (non-hydrogen) atoms. The number of carboxylic acids is 1. The van der Waals surface area contributed by atoms with E-state index in [4.69, 9.17) is 5.11 Å². The number of fused-ring (bicyclic) bond motifs is 2.